The molecule has 5 heteroatoms. The van der Waals surface area contributed by atoms with Gasteiger partial charge >= 0.3 is 5.97 Å². The Morgan fingerprint density at radius 2 is 2.18 bits per heavy atom. The summed E-state index contributed by atoms with van der Waals surface area (Å²) in [6, 6.07) is 3.15. The van der Waals surface area contributed by atoms with Gasteiger partial charge in [-0.1, -0.05) is 11.6 Å². The number of hydrogen-bond donors (Lipinski definition) is 0. The Morgan fingerprint density at radius 1 is 1.47 bits per heavy atom. The molecule has 0 atom stereocenters. The average molecular weight is 257 g/mol. The van der Waals surface area contributed by atoms with Crippen LogP contribution in [0.15, 0.2) is 12.1 Å². The van der Waals surface area contributed by atoms with Crippen LogP contribution in [-0.4, -0.2) is 26.0 Å². The fraction of sp³-hybridized carbons (Fsp3) is 0.333. The summed E-state index contributed by atoms with van der Waals surface area (Å²) in [5.74, 6) is -0.0418. The van der Waals surface area contributed by atoms with Gasteiger partial charge in [0.15, 0.2) is 6.29 Å². The zero-order valence-corrected chi connectivity index (χ0v) is 10.4. The summed E-state index contributed by atoms with van der Waals surface area (Å²) in [6.45, 7) is 2.05. The molecule has 0 unspecified atom stereocenters. The Balaban J connectivity index is 2.99. The van der Waals surface area contributed by atoms with Crippen molar-refractivity contribution in [1.82, 2.24) is 0 Å². The van der Waals surface area contributed by atoms with E-state index < -0.39 is 0 Å². The zero-order chi connectivity index (χ0) is 12.8. The minimum Gasteiger partial charge on any atom is -0.494 e. The van der Waals surface area contributed by atoms with Crippen molar-refractivity contribution in [2.45, 2.75) is 13.3 Å². The van der Waals surface area contributed by atoms with Crippen molar-refractivity contribution in [3.05, 3.63) is 28.3 Å². The minimum atomic E-state index is -0.356. The Labute approximate surface area is 104 Å². The quantitative estimate of drug-likeness (QED) is 0.599. The third-order valence-electron chi connectivity index (χ3n) is 2.12. The highest BCUT2D eigenvalue weighted by Crippen LogP contribution is 2.29. The van der Waals surface area contributed by atoms with Crippen LogP contribution in [0.5, 0.6) is 5.75 Å². The lowest BCUT2D eigenvalue weighted by Gasteiger charge is -2.09. The van der Waals surface area contributed by atoms with E-state index in [-0.39, 0.29) is 12.4 Å². The van der Waals surface area contributed by atoms with Crippen LogP contribution in [0.1, 0.15) is 22.8 Å². The number of rotatable bonds is 5. The lowest BCUT2D eigenvalue weighted by molar-refractivity contribution is -0.142. The lowest BCUT2D eigenvalue weighted by Crippen LogP contribution is -2.08. The SMILES string of the molecule is CCOC(=O)Cc1cc(Cl)c(OC)c(C=O)c1. The number of carbonyl (C=O) groups is 2. The molecular formula is C12H13ClO4. The van der Waals surface area contributed by atoms with Crippen LogP contribution in [0.3, 0.4) is 0 Å². The molecule has 0 amide bonds. The summed E-state index contributed by atoms with van der Waals surface area (Å²) < 4.78 is 9.81. The summed E-state index contributed by atoms with van der Waals surface area (Å²) in [7, 11) is 1.43. The number of ether oxygens (including phenoxy) is 2. The van der Waals surface area contributed by atoms with E-state index in [4.69, 9.17) is 21.1 Å². The molecule has 0 saturated heterocycles. The van der Waals surface area contributed by atoms with Gasteiger partial charge in [-0.2, -0.15) is 0 Å². The highest BCUT2D eigenvalue weighted by molar-refractivity contribution is 6.32. The summed E-state index contributed by atoms with van der Waals surface area (Å²) in [5, 5.41) is 0.302. The fourth-order valence-corrected chi connectivity index (χ4v) is 1.78. The van der Waals surface area contributed by atoms with Crippen LogP contribution in [-0.2, 0) is 16.0 Å². The van der Waals surface area contributed by atoms with Crippen molar-refractivity contribution in [3.63, 3.8) is 0 Å². The number of benzene rings is 1. The maximum atomic E-state index is 11.3. The first-order valence-corrected chi connectivity index (χ1v) is 5.47. The molecule has 0 bridgehead atoms. The normalized spacial score (nSPS) is 9.82. The molecule has 1 aromatic rings. The highest BCUT2D eigenvalue weighted by Gasteiger charge is 2.12. The molecule has 0 N–H and O–H groups in total. The van der Waals surface area contributed by atoms with Gasteiger partial charge in [0.1, 0.15) is 5.75 Å². The van der Waals surface area contributed by atoms with Crippen LogP contribution in [0.25, 0.3) is 0 Å². The first-order valence-electron chi connectivity index (χ1n) is 5.09. The van der Waals surface area contributed by atoms with Crippen LogP contribution in [0.2, 0.25) is 5.02 Å². The second kappa shape index (κ2) is 6.25. The van der Waals surface area contributed by atoms with Crippen molar-refractivity contribution in [2.75, 3.05) is 13.7 Å². The molecule has 4 nitrogen and oxygen atoms in total. The summed E-state index contributed by atoms with van der Waals surface area (Å²) >= 11 is 5.94. The smallest absolute Gasteiger partial charge is 0.310 e. The first-order chi connectivity index (χ1) is 8.12. The van der Waals surface area contributed by atoms with Crippen LogP contribution >= 0.6 is 11.6 Å². The van der Waals surface area contributed by atoms with Crippen LogP contribution < -0.4 is 4.74 Å². The summed E-state index contributed by atoms with van der Waals surface area (Å²) in [6.07, 6.45) is 0.720. The van der Waals surface area contributed by atoms with E-state index in [9.17, 15) is 9.59 Å². The Morgan fingerprint density at radius 3 is 2.71 bits per heavy atom. The van der Waals surface area contributed by atoms with E-state index in [0.717, 1.165) is 0 Å². The standard InChI is InChI=1S/C12H13ClO4/c1-3-17-11(15)6-8-4-9(7-14)12(16-2)10(13)5-8/h4-5,7H,3,6H2,1-2H3. The molecule has 1 rings (SSSR count). The Kier molecular flexibility index (Phi) is 4.97. The van der Waals surface area contributed by atoms with Gasteiger partial charge in [0.05, 0.1) is 30.7 Å². The lowest BCUT2D eigenvalue weighted by atomic mass is 10.1. The van der Waals surface area contributed by atoms with Gasteiger partial charge in [-0.05, 0) is 24.6 Å². The van der Waals surface area contributed by atoms with Gasteiger partial charge in [0.2, 0.25) is 0 Å². The van der Waals surface area contributed by atoms with E-state index >= 15 is 0 Å². The van der Waals surface area contributed by atoms with Crippen molar-refractivity contribution in [1.29, 1.82) is 0 Å². The summed E-state index contributed by atoms with van der Waals surface area (Å²) in [4.78, 5) is 22.1. The predicted molar refractivity (Wildman–Crippen MR) is 63.7 cm³/mol. The molecule has 1 aromatic carbocycles. The molecule has 0 heterocycles. The second-order valence-electron chi connectivity index (χ2n) is 3.30. The Bertz CT molecular complexity index is 429. The molecular weight excluding hydrogens is 244 g/mol. The average Bonchev–Trinajstić information content (AvgIpc) is 2.28. The number of halogens is 1. The van der Waals surface area contributed by atoms with E-state index in [1.165, 1.54) is 7.11 Å². The number of esters is 1. The molecule has 17 heavy (non-hydrogen) atoms. The van der Waals surface area contributed by atoms with E-state index in [0.29, 0.717) is 34.8 Å². The largest absolute Gasteiger partial charge is 0.494 e. The number of aldehydes is 1. The number of carbonyl (C=O) groups excluding carboxylic acids is 2. The molecule has 0 aliphatic rings. The van der Waals surface area contributed by atoms with E-state index in [1.807, 2.05) is 0 Å². The van der Waals surface area contributed by atoms with Gasteiger partial charge in [0.25, 0.3) is 0 Å². The topological polar surface area (TPSA) is 52.6 Å². The van der Waals surface area contributed by atoms with Crippen molar-refractivity contribution in [2.24, 2.45) is 0 Å². The third-order valence-corrected chi connectivity index (χ3v) is 2.40. The Hall–Kier alpha value is -1.55. The van der Waals surface area contributed by atoms with E-state index in [2.05, 4.69) is 0 Å². The predicted octanol–water partition coefficient (Wildman–Crippen LogP) is 2.27. The molecule has 0 aromatic heterocycles. The van der Waals surface area contributed by atoms with Crippen molar-refractivity contribution < 1.29 is 19.1 Å². The van der Waals surface area contributed by atoms with Gasteiger partial charge in [-0.3, -0.25) is 9.59 Å². The molecule has 0 spiro atoms. The molecule has 0 saturated carbocycles. The molecule has 0 aliphatic carbocycles. The van der Waals surface area contributed by atoms with Gasteiger partial charge in [-0.15, -0.1) is 0 Å². The molecule has 92 valence electrons. The van der Waals surface area contributed by atoms with E-state index in [1.54, 1.807) is 19.1 Å². The second-order valence-corrected chi connectivity index (χ2v) is 3.71. The number of hydrogen-bond acceptors (Lipinski definition) is 4. The first kappa shape index (κ1) is 13.5. The van der Waals surface area contributed by atoms with Crippen molar-refractivity contribution in [3.8, 4) is 5.75 Å². The van der Waals surface area contributed by atoms with Gasteiger partial charge < -0.3 is 9.47 Å². The van der Waals surface area contributed by atoms with Crippen LogP contribution in [0, 0.1) is 0 Å². The highest BCUT2D eigenvalue weighted by atomic mass is 35.5. The fourth-order valence-electron chi connectivity index (χ4n) is 1.46. The number of methoxy groups -OCH3 is 1. The van der Waals surface area contributed by atoms with Gasteiger partial charge in [0, 0.05) is 0 Å². The zero-order valence-electron chi connectivity index (χ0n) is 9.66. The van der Waals surface area contributed by atoms with Crippen molar-refractivity contribution >= 4 is 23.9 Å². The minimum absolute atomic E-state index is 0.0817. The molecule has 0 aliphatic heterocycles. The molecule has 0 radical (unpaired) electrons. The third kappa shape index (κ3) is 3.46. The molecule has 0 fully saturated rings. The maximum absolute atomic E-state index is 11.3. The summed E-state index contributed by atoms with van der Waals surface area (Å²) in [5.41, 5.74) is 0.940. The van der Waals surface area contributed by atoms with Crippen LogP contribution in [0.4, 0.5) is 0 Å². The monoisotopic (exact) mass is 256 g/mol. The van der Waals surface area contributed by atoms with Gasteiger partial charge in [-0.25, -0.2) is 0 Å². The maximum Gasteiger partial charge on any atom is 0.310 e.